The quantitative estimate of drug-likeness (QED) is 0.864. The summed E-state index contributed by atoms with van der Waals surface area (Å²) in [5.41, 5.74) is 1.05. The molecule has 0 saturated heterocycles. The van der Waals surface area contributed by atoms with E-state index in [4.69, 9.17) is 4.74 Å². The highest BCUT2D eigenvalue weighted by molar-refractivity contribution is 7.84. The summed E-state index contributed by atoms with van der Waals surface area (Å²) in [5.74, 6) is 0.991. The van der Waals surface area contributed by atoms with Crippen molar-refractivity contribution in [3.63, 3.8) is 0 Å². The molecule has 0 amide bonds. The molecule has 0 fully saturated rings. The maximum Gasteiger partial charge on any atom is 0.124 e. The van der Waals surface area contributed by atoms with Crippen LogP contribution in [0.1, 0.15) is 32.4 Å². The first-order chi connectivity index (χ1) is 8.93. The van der Waals surface area contributed by atoms with Crippen LogP contribution in [-0.2, 0) is 11.0 Å². The van der Waals surface area contributed by atoms with E-state index >= 15 is 0 Å². The summed E-state index contributed by atoms with van der Waals surface area (Å²) in [6, 6.07) is 7.88. The largest absolute Gasteiger partial charge is 0.493 e. The molecule has 104 valence electrons. The van der Waals surface area contributed by atoms with Crippen LogP contribution in [0.5, 0.6) is 5.75 Å². The van der Waals surface area contributed by atoms with E-state index in [1.807, 2.05) is 51.1 Å². The van der Waals surface area contributed by atoms with Crippen molar-refractivity contribution in [2.24, 2.45) is 5.92 Å². The van der Waals surface area contributed by atoms with Crippen molar-refractivity contribution in [3.05, 3.63) is 42.5 Å². The third kappa shape index (κ3) is 3.07. The molecule has 1 aliphatic heterocycles. The smallest absolute Gasteiger partial charge is 0.124 e. The van der Waals surface area contributed by atoms with E-state index in [-0.39, 0.29) is 16.7 Å². The molecule has 1 aromatic rings. The molecule has 0 spiro atoms. The third-order valence-electron chi connectivity index (χ3n) is 3.21. The van der Waals surface area contributed by atoms with Crippen molar-refractivity contribution >= 4 is 11.0 Å². The van der Waals surface area contributed by atoms with Gasteiger partial charge in [-0.15, -0.1) is 6.58 Å². The summed E-state index contributed by atoms with van der Waals surface area (Å²) in [7, 11) is -1.12. The molecule has 3 nitrogen and oxygen atoms in total. The van der Waals surface area contributed by atoms with Gasteiger partial charge in [0.25, 0.3) is 0 Å². The second-order valence-corrected chi connectivity index (χ2v) is 7.72. The lowest BCUT2D eigenvalue weighted by Crippen LogP contribution is -2.41. The molecule has 1 aliphatic rings. The lowest BCUT2D eigenvalue weighted by molar-refractivity contribution is 0.218. The van der Waals surface area contributed by atoms with E-state index in [2.05, 4.69) is 11.3 Å². The summed E-state index contributed by atoms with van der Waals surface area (Å²) in [6.45, 7) is 10.3. The zero-order valence-corrected chi connectivity index (χ0v) is 12.5. The maximum atomic E-state index is 12.3. The Labute approximate surface area is 117 Å². The molecule has 4 heteroatoms. The van der Waals surface area contributed by atoms with Crippen LogP contribution >= 0.6 is 0 Å². The van der Waals surface area contributed by atoms with Gasteiger partial charge in [0.15, 0.2) is 0 Å². The van der Waals surface area contributed by atoms with Gasteiger partial charge >= 0.3 is 0 Å². The minimum Gasteiger partial charge on any atom is -0.493 e. The van der Waals surface area contributed by atoms with Crippen molar-refractivity contribution in [1.82, 2.24) is 4.72 Å². The van der Waals surface area contributed by atoms with Gasteiger partial charge in [-0.25, -0.2) is 8.93 Å². The Morgan fingerprint density at radius 3 is 2.74 bits per heavy atom. The van der Waals surface area contributed by atoms with Gasteiger partial charge in [0.2, 0.25) is 0 Å². The summed E-state index contributed by atoms with van der Waals surface area (Å²) in [5, 5.41) is 0. The molecule has 0 aliphatic carbocycles. The van der Waals surface area contributed by atoms with Crippen molar-refractivity contribution < 1.29 is 8.95 Å². The van der Waals surface area contributed by atoms with Gasteiger partial charge in [-0.2, -0.15) is 0 Å². The molecular weight excluding hydrogens is 258 g/mol. The highest BCUT2D eigenvalue weighted by Gasteiger charge is 2.32. The number of para-hydroxylation sites is 1. The fourth-order valence-electron chi connectivity index (χ4n) is 2.03. The molecule has 1 aromatic carbocycles. The van der Waals surface area contributed by atoms with Crippen LogP contribution in [0, 0.1) is 5.92 Å². The first kappa shape index (κ1) is 14.3. The molecule has 1 unspecified atom stereocenters. The van der Waals surface area contributed by atoms with E-state index in [0.717, 1.165) is 11.3 Å². The average molecular weight is 279 g/mol. The van der Waals surface area contributed by atoms with Gasteiger partial charge in [-0.05, 0) is 26.8 Å². The Balaban J connectivity index is 2.30. The number of fused-ring (bicyclic) bond motifs is 1. The topological polar surface area (TPSA) is 38.3 Å². The van der Waals surface area contributed by atoms with Gasteiger partial charge in [0.1, 0.15) is 5.75 Å². The predicted octanol–water partition coefficient (Wildman–Crippen LogP) is 2.97. The van der Waals surface area contributed by atoms with E-state index in [1.54, 1.807) is 0 Å². The second-order valence-electron chi connectivity index (χ2n) is 5.73. The van der Waals surface area contributed by atoms with E-state index in [0.29, 0.717) is 6.61 Å². The third-order valence-corrected chi connectivity index (χ3v) is 4.79. The monoisotopic (exact) mass is 279 g/mol. The van der Waals surface area contributed by atoms with Gasteiger partial charge in [0.05, 0.1) is 28.4 Å². The number of rotatable bonds is 3. The molecule has 0 bridgehead atoms. The van der Waals surface area contributed by atoms with Crippen LogP contribution in [0.25, 0.3) is 0 Å². The SMILES string of the molecule is C=C[C@H]1COc2ccccc2[C@H]1NS(=O)C(C)(C)C. The lowest BCUT2D eigenvalue weighted by Gasteiger charge is -2.33. The highest BCUT2D eigenvalue weighted by Crippen LogP contribution is 2.36. The number of ether oxygens (including phenoxy) is 1. The maximum absolute atomic E-state index is 12.3. The van der Waals surface area contributed by atoms with E-state index in [9.17, 15) is 4.21 Å². The van der Waals surface area contributed by atoms with Crippen molar-refractivity contribution in [1.29, 1.82) is 0 Å². The molecule has 2 rings (SSSR count). The van der Waals surface area contributed by atoms with Crippen LogP contribution < -0.4 is 9.46 Å². The number of nitrogens with one attached hydrogen (secondary N) is 1. The molecule has 0 radical (unpaired) electrons. The standard InChI is InChI=1S/C15H21NO2S/c1-5-11-10-18-13-9-7-6-8-12(13)14(11)16-19(17)15(2,3)4/h5-9,11,14,16H,1,10H2,2-4H3/t11-,14-,19?/m0/s1. The van der Waals surface area contributed by atoms with Gasteiger partial charge < -0.3 is 4.74 Å². The average Bonchev–Trinajstić information content (AvgIpc) is 2.38. The first-order valence-electron chi connectivity index (χ1n) is 6.46. The van der Waals surface area contributed by atoms with Crippen LogP contribution in [0.15, 0.2) is 36.9 Å². The molecule has 19 heavy (non-hydrogen) atoms. The number of hydrogen-bond acceptors (Lipinski definition) is 2. The molecule has 3 atom stereocenters. The van der Waals surface area contributed by atoms with Crippen LogP contribution in [0.2, 0.25) is 0 Å². The van der Waals surface area contributed by atoms with E-state index in [1.165, 1.54) is 0 Å². The Kier molecular flexibility index (Phi) is 4.11. The summed E-state index contributed by atoms with van der Waals surface area (Å²) in [6.07, 6.45) is 1.87. The number of benzene rings is 1. The predicted molar refractivity (Wildman–Crippen MR) is 79.4 cm³/mol. The minimum absolute atomic E-state index is 0.0116. The summed E-state index contributed by atoms with van der Waals surface area (Å²) < 4.78 is 21.0. The van der Waals surface area contributed by atoms with Crippen LogP contribution in [0.4, 0.5) is 0 Å². The van der Waals surface area contributed by atoms with Gasteiger partial charge in [0, 0.05) is 11.5 Å². The lowest BCUT2D eigenvalue weighted by atomic mass is 9.91. The summed E-state index contributed by atoms with van der Waals surface area (Å²) >= 11 is 0. The zero-order valence-electron chi connectivity index (χ0n) is 11.7. The molecule has 0 saturated carbocycles. The second kappa shape index (κ2) is 5.47. The van der Waals surface area contributed by atoms with Gasteiger partial charge in [-0.3, -0.25) is 0 Å². The van der Waals surface area contributed by atoms with Crippen molar-refractivity contribution in [2.45, 2.75) is 31.6 Å². The Bertz CT molecular complexity index is 493. The fourth-order valence-corrected chi connectivity index (χ4v) is 2.91. The molecule has 1 heterocycles. The zero-order chi connectivity index (χ0) is 14.0. The normalized spacial score (nSPS) is 24.2. The Hall–Kier alpha value is -1.13. The van der Waals surface area contributed by atoms with E-state index < -0.39 is 11.0 Å². The highest BCUT2D eigenvalue weighted by atomic mass is 32.2. The van der Waals surface area contributed by atoms with Crippen LogP contribution in [0.3, 0.4) is 0 Å². The van der Waals surface area contributed by atoms with Crippen molar-refractivity contribution in [3.8, 4) is 5.75 Å². The molecular formula is C15H21NO2S. The van der Waals surface area contributed by atoms with Gasteiger partial charge in [-0.1, -0.05) is 24.3 Å². The minimum atomic E-state index is -1.12. The first-order valence-corrected chi connectivity index (χ1v) is 7.61. The molecule has 0 aromatic heterocycles. The van der Waals surface area contributed by atoms with Crippen molar-refractivity contribution in [2.75, 3.05) is 6.61 Å². The Morgan fingerprint density at radius 1 is 1.42 bits per heavy atom. The number of hydrogen-bond donors (Lipinski definition) is 1. The van der Waals surface area contributed by atoms with Crippen LogP contribution in [-0.4, -0.2) is 15.6 Å². The summed E-state index contributed by atoms with van der Waals surface area (Å²) in [4.78, 5) is 0. The Morgan fingerprint density at radius 2 is 2.11 bits per heavy atom. The molecule has 1 N–H and O–H groups in total. The fraction of sp³-hybridized carbons (Fsp3) is 0.467.